The monoisotopic (exact) mass is 414 g/mol. The van der Waals surface area contributed by atoms with Crippen LogP contribution in [0.15, 0.2) is 65.6 Å². The second-order valence-electron chi connectivity index (χ2n) is 8.12. The van der Waals surface area contributed by atoms with Crippen LogP contribution in [0.25, 0.3) is 0 Å². The molecule has 1 saturated heterocycles. The van der Waals surface area contributed by atoms with Gasteiger partial charge < -0.3 is 5.32 Å². The van der Waals surface area contributed by atoms with Gasteiger partial charge in [-0.2, -0.15) is 4.31 Å². The van der Waals surface area contributed by atoms with Crippen LogP contribution in [0.3, 0.4) is 0 Å². The SMILES string of the molecule is CC(C)C[C@@H](NC(=O)[C@H]1CCCN(S(=O)(=O)c2ccccc2)C1)c1ccccc1. The Morgan fingerprint density at radius 2 is 1.69 bits per heavy atom. The van der Waals surface area contributed by atoms with Gasteiger partial charge in [-0.05, 0) is 42.9 Å². The van der Waals surface area contributed by atoms with E-state index in [1.165, 1.54) is 4.31 Å². The van der Waals surface area contributed by atoms with Gasteiger partial charge >= 0.3 is 0 Å². The third-order valence-electron chi connectivity index (χ3n) is 5.36. The lowest BCUT2D eigenvalue weighted by molar-refractivity contribution is -0.127. The smallest absolute Gasteiger partial charge is 0.243 e. The molecule has 2 atom stereocenters. The van der Waals surface area contributed by atoms with Crippen molar-refractivity contribution in [2.24, 2.45) is 11.8 Å². The number of nitrogens with one attached hydrogen (secondary N) is 1. The molecule has 6 heteroatoms. The number of hydrogen-bond donors (Lipinski definition) is 1. The highest BCUT2D eigenvalue weighted by Gasteiger charge is 2.34. The van der Waals surface area contributed by atoms with Crippen LogP contribution in [-0.4, -0.2) is 31.7 Å². The van der Waals surface area contributed by atoms with E-state index in [-0.39, 0.29) is 29.3 Å². The Morgan fingerprint density at radius 1 is 1.07 bits per heavy atom. The molecule has 1 aliphatic rings. The summed E-state index contributed by atoms with van der Waals surface area (Å²) in [5, 5.41) is 3.19. The van der Waals surface area contributed by atoms with Crippen molar-refractivity contribution in [1.82, 2.24) is 9.62 Å². The van der Waals surface area contributed by atoms with Gasteiger partial charge in [-0.1, -0.05) is 62.4 Å². The lowest BCUT2D eigenvalue weighted by Gasteiger charge is -2.32. The zero-order chi connectivity index (χ0) is 20.9. The molecule has 0 saturated carbocycles. The number of sulfonamides is 1. The first kappa shape index (κ1) is 21.5. The molecule has 1 amide bonds. The average Bonchev–Trinajstić information content (AvgIpc) is 2.74. The molecule has 1 fully saturated rings. The molecule has 2 aromatic carbocycles. The molecule has 0 unspecified atom stereocenters. The molecule has 0 bridgehead atoms. The zero-order valence-corrected chi connectivity index (χ0v) is 17.9. The van der Waals surface area contributed by atoms with Crippen molar-refractivity contribution in [3.8, 4) is 0 Å². The van der Waals surface area contributed by atoms with Crippen molar-refractivity contribution < 1.29 is 13.2 Å². The van der Waals surface area contributed by atoms with E-state index in [9.17, 15) is 13.2 Å². The fraction of sp³-hybridized carbons (Fsp3) is 0.435. The zero-order valence-electron chi connectivity index (χ0n) is 17.1. The normalized spacial score (nSPS) is 19.1. The number of piperidine rings is 1. The molecule has 5 nitrogen and oxygen atoms in total. The molecule has 0 radical (unpaired) electrons. The minimum absolute atomic E-state index is 0.0625. The number of carbonyl (C=O) groups excluding carboxylic acids is 1. The lowest BCUT2D eigenvalue weighted by Crippen LogP contribution is -2.46. The molecule has 0 spiro atoms. The van der Waals surface area contributed by atoms with E-state index in [0.717, 1.165) is 12.0 Å². The molecule has 0 aromatic heterocycles. The maximum atomic E-state index is 13.0. The molecular formula is C23H30N2O3S. The number of carbonyl (C=O) groups is 1. The summed E-state index contributed by atoms with van der Waals surface area (Å²) in [4.78, 5) is 13.3. The van der Waals surface area contributed by atoms with Crippen molar-refractivity contribution >= 4 is 15.9 Å². The Morgan fingerprint density at radius 3 is 2.31 bits per heavy atom. The van der Waals surface area contributed by atoms with Crippen LogP contribution >= 0.6 is 0 Å². The summed E-state index contributed by atoms with van der Waals surface area (Å²) in [6, 6.07) is 18.3. The molecule has 3 rings (SSSR count). The minimum atomic E-state index is -3.57. The second kappa shape index (κ2) is 9.55. The third kappa shape index (κ3) is 5.46. The first-order chi connectivity index (χ1) is 13.9. The first-order valence-corrected chi connectivity index (χ1v) is 11.7. The van der Waals surface area contributed by atoms with E-state index >= 15 is 0 Å². The van der Waals surface area contributed by atoms with Gasteiger partial charge in [-0.25, -0.2) is 8.42 Å². The summed E-state index contributed by atoms with van der Waals surface area (Å²) >= 11 is 0. The summed E-state index contributed by atoms with van der Waals surface area (Å²) in [5.41, 5.74) is 1.08. The van der Waals surface area contributed by atoms with E-state index in [1.54, 1.807) is 30.3 Å². The highest BCUT2D eigenvalue weighted by molar-refractivity contribution is 7.89. The van der Waals surface area contributed by atoms with E-state index in [2.05, 4.69) is 19.2 Å². The van der Waals surface area contributed by atoms with Crippen molar-refractivity contribution in [3.63, 3.8) is 0 Å². The van der Waals surface area contributed by atoms with Gasteiger partial charge in [0.1, 0.15) is 0 Å². The van der Waals surface area contributed by atoms with E-state index in [4.69, 9.17) is 0 Å². The maximum absolute atomic E-state index is 13.0. The second-order valence-corrected chi connectivity index (χ2v) is 10.1. The standard InChI is InChI=1S/C23H30N2O3S/c1-18(2)16-22(19-10-5-3-6-11-19)24-23(26)20-12-9-15-25(17-20)29(27,28)21-13-7-4-8-14-21/h3-8,10-11,13-14,18,20,22H,9,12,15-17H2,1-2H3,(H,24,26)/t20-,22+/m0/s1. The molecule has 1 N–H and O–H groups in total. The average molecular weight is 415 g/mol. The molecule has 2 aromatic rings. The van der Waals surface area contributed by atoms with Crippen molar-refractivity contribution in [2.45, 2.75) is 44.0 Å². The predicted octanol–water partition coefficient (Wildman–Crippen LogP) is 3.99. The maximum Gasteiger partial charge on any atom is 0.243 e. The number of amides is 1. The molecule has 1 heterocycles. The molecular weight excluding hydrogens is 384 g/mol. The molecule has 1 aliphatic heterocycles. The van der Waals surface area contributed by atoms with E-state index < -0.39 is 10.0 Å². The minimum Gasteiger partial charge on any atom is -0.349 e. The Labute approximate surface area is 174 Å². The van der Waals surface area contributed by atoms with E-state index in [0.29, 0.717) is 25.3 Å². The number of rotatable bonds is 7. The van der Waals surface area contributed by atoms with Crippen LogP contribution in [0.2, 0.25) is 0 Å². The summed E-state index contributed by atoms with van der Waals surface area (Å²) < 4.78 is 27.3. The van der Waals surface area contributed by atoms with Crippen LogP contribution in [0.5, 0.6) is 0 Å². The van der Waals surface area contributed by atoms with Gasteiger partial charge in [0, 0.05) is 13.1 Å². The van der Waals surface area contributed by atoms with Gasteiger partial charge in [-0.15, -0.1) is 0 Å². The van der Waals surface area contributed by atoms with Gasteiger partial charge in [0.15, 0.2) is 0 Å². The van der Waals surface area contributed by atoms with Crippen molar-refractivity contribution in [3.05, 3.63) is 66.2 Å². The molecule has 29 heavy (non-hydrogen) atoms. The summed E-state index contributed by atoms with van der Waals surface area (Å²) in [7, 11) is -3.57. The van der Waals surface area contributed by atoms with Gasteiger partial charge in [0.25, 0.3) is 0 Å². The third-order valence-corrected chi connectivity index (χ3v) is 7.24. The summed E-state index contributed by atoms with van der Waals surface area (Å²) in [6.45, 7) is 4.95. The molecule has 0 aliphatic carbocycles. The van der Waals surface area contributed by atoms with Crippen molar-refractivity contribution in [1.29, 1.82) is 0 Å². The van der Waals surface area contributed by atoms with Gasteiger partial charge in [-0.3, -0.25) is 4.79 Å². The summed E-state index contributed by atoms with van der Waals surface area (Å²) in [5.74, 6) is 0.0369. The van der Waals surface area contributed by atoms with Gasteiger partial charge in [0.2, 0.25) is 15.9 Å². The Bertz CT molecular complexity index is 898. The lowest BCUT2D eigenvalue weighted by atomic mass is 9.94. The van der Waals surface area contributed by atoms with E-state index in [1.807, 2.05) is 30.3 Å². The highest BCUT2D eigenvalue weighted by Crippen LogP contribution is 2.26. The van der Waals surface area contributed by atoms with Crippen molar-refractivity contribution in [2.75, 3.05) is 13.1 Å². The largest absolute Gasteiger partial charge is 0.349 e. The highest BCUT2D eigenvalue weighted by atomic mass is 32.2. The summed E-state index contributed by atoms with van der Waals surface area (Å²) in [6.07, 6.45) is 2.23. The van der Waals surface area contributed by atoms with Gasteiger partial charge in [0.05, 0.1) is 16.9 Å². The Balaban J connectivity index is 1.72. The fourth-order valence-corrected chi connectivity index (χ4v) is 5.39. The quantitative estimate of drug-likeness (QED) is 0.745. The topological polar surface area (TPSA) is 66.5 Å². The predicted molar refractivity (Wildman–Crippen MR) is 115 cm³/mol. The van der Waals surface area contributed by atoms with Crippen LogP contribution in [0.1, 0.15) is 44.7 Å². The Hall–Kier alpha value is -2.18. The van der Waals surface area contributed by atoms with Crippen LogP contribution < -0.4 is 5.32 Å². The number of benzene rings is 2. The van der Waals surface area contributed by atoms with Crippen LogP contribution in [0, 0.1) is 11.8 Å². The van der Waals surface area contributed by atoms with Crippen LogP contribution in [0.4, 0.5) is 0 Å². The molecule has 156 valence electrons. The number of hydrogen-bond acceptors (Lipinski definition) is 3. The fourth-order valence-electron chi connectivity index (χ4n) is 3.84. The Kier molecular flexibility index (Phi) is 7.09. The number of nitrogens with zero attached hydrogens (tertiary/aromatic N) is 1. The van der Waals surface area contributed by atoms with Crippen LogP contribution in [-0.2, 0) is 14.8 Å². The first-order valence-electron chi connectivity index (χ1n) is 10.3.